The van der Waals surface area contributed by atoms with Crippen LogP contribution in [0, 0.1) is 0 Å². The Morgan fingerprint density at radius 3 is 2.90 bits per heavy atom. The summed E-state index contributed by atoms with van der Waals surface area (Å²) in [4.78, 5) is 30.0. The van der Waals surface area contributed by atoms with Crippen LogP contribution in [0.4, 0.5) is 0 Å². The second kappa shape index (κ2) is 7.02. The maximum atomic E-state index is 12.2. The number of hydrogen-bond donors (Lipinski definition) is 1. The number of carbonyl (C=O) groups is 1. The fourth-order valence-corrected chi connectivity index (χ4v) is 1.76. The topological polar surface area (TPSA) is 66.7 Å². The van der Waals surface area contributed by atoms with Gasteiger partial charge in [0.15, 0.2) is 0 Å². The van der Waals surface area contributed by atoms with Gasteiger partial charge >= 0.3 is 0 Å². The van der Waals surface area contributed by atoms with Crippen molar-refractivity contribution in [3.8, 4) is 0 Å². The van der Waals surface area contributed by atoms with Gasteiger partial charge in [0.05, 0.1) is 0 Å². The fraction of sp³-hybridized carbons (Fsp3) is 0.308. The Bertz CT molecular complexity index is 656. The number of amides is 1. The largest absolute Gasteiger partial charge is 0.340 e. The first-order valence-electron chi connectivity index (χ1n) is 6.01. The summed E-state index contributed by atoms with van der Waals surface area (Å²) in [5.74, 6) is -0.314. The van der Waals surface area contributed by atoms with Crippen molar-refractivity contribution in [1.82, 2.24) is 19.6 Å². The van der Waals surface area contributed by atoms with Gasteiger partial charge in [0.2, 0.25) is 0 Å². The van der Waals surface area contributed by atoms with Gasteiger partial charge in [-0.25, -0.2) is 4.98 Å². The van der Waals surface area contributed by atoms with E-state index in [1.54, 1.807) is 31.4 Å². The van der Waals surface area contributed by atoms with Crippen LogP contribution in [0.25, 0.3) is 5.65 Å². The van der Waals surface area contributed by atoms with E-state index in [4.69, 9.17) is 0 Å². The van der Waals surface area contributed by atoms with Crippen LogP contribution in [0.15, 0.2) is 35.4 Å². The van der Waals surface area contributed by atoms with Gasteiger partial charge in [-0.3, -0.25) is 14.0 Å². The summed E-state index contributed by atoms with van der Waals surface area (Å²) < 4.78 is 1.37. The molecule has 0 aliphatic rings. The highest BCUT2D eigenvalue weighted by Crippen LogP contribution is 2.00. The van der Waals surface area contributed by atoms with Gasteiger partial charge in [0, 0.05) is 32.5 Å². The monoisotopic (exact) mass is 296 g/mol. The van der Waals surface area contributed by atoms with Gasteiger partial charge in [-0.05, 0) is 19.2 Å². The standard InChI is InChI=1S/C13H16N4O2.ClH/c1-14-6-8-16(2)12(18)10-9-15-11-5-3-4-7-17(11)13(10)19;/h3-5,7,9,14H,6,8H2,1-2H3;1H. The van der Waals surface area contributed by atoms with Gasteiger partial charge in [-0.1, -0.05) is 6.07 Å². The van der Waals surface area contributed by atoms with Gasteiger partial charge in [0.1, 0.15) is 11.2 Å². The summed E-state index contributed by atoms with van der Waals surface area (Å²) in [6, 6.07) is 5.25. The molecule has 0 spiro atoms. The zero-order chi connectivity index (χ0) is 13.8. The lowest BCUT2D eigenvalue weighted by Crippen LogP contribution is -2.36. The van der Waals surface area contributed by atoms with Crippen LogP contribution < -0.4 is 10.9 Å². The van der Waals surface area contributed by atoms with Crippen LogP contribution >= 0.6 is 12.4 Å². The lowest BCUT2D eigenvalue weighted by molar-refractivity contribution is 0.0794. The third kappa shape index (κ3) is 3.15. The molecule has 0 fully saturated rings. The van der Waals surface area contributed by atoms with Crippen molar-refractivity contribution in [2.75, 3.05) is 27.2 Å². The summed E-state index contributed by atoms with van der Waals surface area (Å²) in [5, 5.41) is 2.96. The predicted molar refractivity (Wildman–Crippen MR) is 79.6 cm³/mol. The molecule has 108 valence electrons. The Kier molecular flexibility index (Phi) is 5.66. The predicted octanol–water partition coefficient (Wildman–Crippen LogP) is 0.408. The number of aromatic nitrogens is 2. The van der Waals surface area contributed by atoms with Crippen LogP contribution in [0.5, 0.6) is 0 Å². The highest BCUT2D eigenvalue weighted by Gasteiger charge is 2.16. The zero-order valence-electron chi connectivity index (χ0n) is 11.4. The van der Waals surface area contributed by atoms with E-state index in [1.807, 2.05) is 7.05 Å². The van der Waals surface area contributed by atoms with E-state index in [-0.39, 0.29) is 29.4 Å². The fourth-order valence-electron chi connectivity index (χ4n) is 1.76. The molecule has 6 nitrogen and oxygen atoms in total. The van der Waals surface area contributed by atoms with Crippen molar-refractivity contribution >= 4 is 24.0 Å². The molecule has 1 N–H and O–H groups in total. The van der Waals surface area contributed by atoms with Gasteiger partial charge < -0.3 is 10.2 Å². The third-order valence-electron chi connectivity index (χ3n) is 2.89. The number of pyridine rings is 1. The molecule has 0 unspecified atom stereocenters. The van der Waals surface area contributed by atoms with Crippen molar-refractivity contribution in [3.05, 3.63) is 46.5 Å². The minimum absolute atomic E-state index is 0. The van der Waals surface area contributed by atoms with E-state index < -0.39 is 0 Å². The van der Waals surface area contributed by atoms with E-state index in [2.05, 4.69) is 10.3 Å². The molecule has 0 saturated heterocycles. The van der Waals surface area contributed by atoms with E-state index in [0.29, 0.717) is 18.7 Å². The maximum Gasteiger partial charge on any atom is 0.270 e. The Morgan fingerprint density at radius 1 is 1.45 bits per heavy atom. The van der Waals surface area contributed by atoms with E-state index in [0.717, 1.165) is 0 Å². The SMILES string of the molecule is CNCCN(C)C(=O)c1cnc2ccccn2c1=O.Cl. The second-order valence-corrected chi connectivity index (χ2v) is 4.24. The molecular weight excluding hydrogens is 280 g/mol. The quantitative estimate of drug-likeness (QED) is 0.887. The Labute approximate surface area is 122 Å². The molecule has 20 heavy (non-hydrogen) atoms. The van der Waals surface area contributed by atoms with Crippen LogP contribution in [0.2, 0.25) is 0 Å². The van der Waals surface area contributed by atoms with Gasteiger partial charge in [-0.15, -0.1) is 12.4 Å². The Morgan fingerprint density at radius 2 is 2.20 bits per heavy atom. The third-order valence-corrected chi connectivity index (χ3v) is 2.89. The molecule has 0 bridgehead atoms. The first kappa shape index (κ1) is 16.1. The molecule has 0 atom stereocenters. The lowest BCUT2D eigenvalue weighted by atomic mass is 10.3. The molecular formula is C13H17ClN4O2. The van der Waals surface area contributed by atoms with E-state index in [9.17, 15) is 9.59 Å². The molecule has 0 aliphatic heterocycles. The molecule has 7 heteroatoms. The number of fused-ring (bicyclic) bond motifs is 1. The van der Waals surface area contributed by atoms with Crippen molar-refractivity contribution in [2.24, 2.45) is 0 Å². The van der Waals surface area contributed by atoms with Crippen LogP contribution in [-0.2, 0) is 0 Å². The van der Waals surface area contributed by atoms with Crippen LogP contribution in [0.1, 0.15) is 10.4 Å². The highest BCUT2D eigenvalue weighted by atomic mass is 35.5. The highest BCUT2D eigenvalue weighted by molar-refractivity contribution is 5.93. The smallest absolute Gasteiger partial charge is 0.270 e. The maximum absolute atomic E-state index is 12.2. The van der Waals surface area contributed by atoms with Gasteiger partial charge in [-0.2, -0.15) is 0 Å². The number of hydrogen-bond acceptors (Lipinski definition) is 4. The molecule has 2 aromatic heterocycles. The number of likely N-dealkylation sites (N-methyl/N-ethyl adjacent to an activating group) is 2. The van der Waals surface area contributed by atoms with Crippen LogP contribution in [-0.4, -0.2) is 47.4 Å². The molecule has 2 heterocycles. The molecule has 0 radical (unpaired) electrons. The molecule has 1 amide bonds. The second-order valence-electron chi connectivity index (χ2n) is 4.24. The average molecular weight is 297 g/mol. The molecule has 2 rings (SSSR count). The first-order valence-corrected chi connectivity index (χ1v) is 6.01. The Hall–Kier alpha value is -1.92. The van der Waals surface area contributed by atoms with Crippen molar-refractivity contribution < 1.29 is 4.79 Å². The van der Waals surface area contributed by atoms with Gasteiger partial charge in [0.25, 0.3) is 11.5 Å². The normalized spacial score (nSPS) is 10.1. The van der Waals surface area contributed by atoms with Crippen LogP contribution in [0.3, 0.4) is 0 Å². The summed E-state index contributed by atoms with van der Waals surface area (Å²) >= 11 is 0. The summed E-state index contributed by atoms with van der Waals surface area (Å²) in [6.45, 7) is 1.21. The minimum Gasteiger partial charge on any atom is -0.340 e. The molecule has 0 saturated carbocycles. The first-order chi connectivity index (χ1) is 9.15. The summed E-state index contributed by atoms with van der Waals surface area (Å²) in [5.41, 5.74) is 0.274. The lowest BCUT2D eigenvalue weighted by Gasteiger charge is -2.16. The zero-order valence-corrected chi connectivity index (χ0v) is 12.2. The number of nitrogens with one attached hydrogen (secondary N) is 1. The van der Waals surface area contributed by atoms with E-state index >= 15 is 0 Å². The molecule has 0 aliphatic carbocycles. The number of carbonyl (C=O) groups excluding carboxylic acids is 1. The summed E-state index contributed by atoms with van der Waals surface area (Å²) in [7, 11) is 3.48. The number of halogens is 1. The average Bonchev–Trinajstić information content (AvgIpc) is 2.44. The van der Waals surface area contributed by atoms with Crippen molar-refractivity contribution in [2.45, 2.75) is 0 Å². The van der Waals surface area contributed by atoms with Crippen molar-refractivity contribution in [1.29, 1.82) is 0 Å². The molecule has 0 aromatic carbocycles. The number of rotatable bonds is 4. The Balaban J connectivity index is 0.00000200. The molecule has 2 aromatic rings. The number of nitrogens with zero attached hydrogens (tertiary/aromatic N) is 3. The minimum atomic E-state index is -0.341. The van der Waals surface area contributed by atoms with Crippen molar-refractivity contribution in [3.63, 3.8) is 0 Å². The summed E-state index contributed by atoms with van der Waals surface area (Å²) in [6.07, 6.45) is 2.95. The van der Waals surface area contributed by atoms with E-state index in [1.165, 1.54) is 15.5 Å².